The average Bonchev–Trinajstić information content (AvgIpc) is 2.65. The van der Waals surface area contributed by atoms with Gasteiger partial charge in [0.25, 0.3) is 0 Å². The molecule has 2 aromatic rings. The van der Waals surface area contributed by atoms with E-state index >= 15 is 0 Å². The van der Waals surface area contributed by atoms with E-state index in [0.29, 0.717) is 11.7 Å². The van der Waals surface area contributed by atoms with Crippen LogP contribution in [0.25, 0.3) is 10.6 Å². The molecule has 0 bridgehead atoms. The second kappa shape index (κ2) is 3.73. The maximum absolute atomic E-state index is 5.50. The largest absolute Gasteiger partial charge is 0.374 e. The third kappa shape index (κ3) is 1.73. The van der Waals surface area contributed by atoms with Gasteiger partial charge in [-0.25, -0.2) is 0 Å². The summed E-state index contributed by atoms with van der Waals surface area (Å²) in [6, 6.07) is 7.91. The van der Waals surface area contributed by atoms with Crippen LogP contribution in [0, 0.1) is 0 Å². The van der Waals surface area contributed by atoms with E-state index in [-0.39, 0.29) is 0 Å². The first kappa shape index (κ1) is 9.11. The second-order valence-corrected chi connectivity index (χ2v) is 3.86. The molecule has 0 saturated carbocycles. The van der Waals surface area contributed by atoms with E-state index in [4.69, 9.17) is 11.5 Å². The highest BCUT2D eigenvalue weighted by Gasteiger charge is 2.03. The second-order valence-electron chi connectivity index (χ2n) is 2.85. The number of anilines is 1. The summed E-state index contributed by atoms with van der Waals surface area (Å²) in [6.45, 7) is 0.554. The highest BCUT2D eigenvalue weighted by atomic mass is 32.1. The number of hydrogen-bond donors (Lipinski definition) is 2. The Morgan fingerprint density at radius 3 is 2.36 bits per heavy atom. The van der Waals surface area contributed by atoms with E-state index in [1.54, 1.807) is 0 Å². The summed E-state index contributed by atoms with van der Waals surface area (Å²) < 4.78 is 0. The van der Waals surface area contributed by atoms with Gasteiger partial charge in [0.1, 0.15) is 5.01 Å². The van der Waals surface area contributed by atoms with Crippen LogP contribution in [0.1, 0.15) is 5.56 Å². The van der Waals surface area contributed by atoms with E-state index in [1.165, 1.54) is 11.3 Å². The van der Waals surface area contributed by atoms with Gasteiger partial charge in [0, 0.05) is 12.1 Å². The molecule has 0 atom stereocenters. The van der Waals surface area contributed by atoms with Crippen LogP contribution in [0.4, 0.5) is 5.13 Å². The fourth-order valence-corrected chi connectivity index (χ4v) is 1.75. The summed E-state index contributed by atoms with van der Waals surface area (Å²) in [4.78, 5) is 0. The summed E-state index contributed by atoms with van der Waals surface area (Å²) in [5, 5.41) is 9.04. The normalized spacial score (nSPS) is 10.4. The van der Waals surface area contributed by atoms with Crippen LogP contribution in [0.5, 0.6) is 0 Å². The van der Waals surface area contributed by atoms with Crippen LogP contribution in [-0.2, 0) is 6.54 Å². The fraction of sp³-hybridized carbons (Fsp3) is 0.111. The van der Waals surface area contributed by atoms with Crippen molar-refractivity contribution in [1.82, 2.24) is 10.2 Å². The maximum atomic E-state index is 5.50. The van der Waals surface area contributed by atoms with Crippen molar-refractivity contribution in [3.8, 4) is 10.6 Å². The molecule has 0 saturated heterocycles. The molecule has 1 heterocycles. The molecular weight excluding hydrogens is 196 g/mol. The molecule has 0 aliphatic heterocycles. The van der Waals surface area contributed by atoms with Crippen molar-refractivity contribution < 1.29 is 0 Å². The van der Waals surface area contributed by atoms with Crippen LogP contribution >= 0.6 is 11.3 Å². The van der Waals surface area contributed by atoms with E-state index < -0.39 is 0 Å². The monoisotopic (exact) mass is 206 g/mol. The SMILES string of the molecule is NCc1ccc(-c2nnc(N)s2)cc1. The van der Waals surface area contributed by atoms with E-state index in [1.807, 2.05) is 24.3 Å². The smallest absolute Gasteiger partial charge is 0.203 e. The Morgan fingerprint density at radius 1 is 1.14 bits per heavy atom. The van der Waals surface area contributed by atoms with Gasteiger partial charge in [-0.3, -0.25) is 0 Å². The standard InChI is InChI=1S/C9H10N4S/c10-5-6-1-3-7(4-2-6)8-12-13-9(11)14-8/h1-4H,5,10H2,(H2,11,13). The first-order chi connectivity index (χ1) is 6.79. The van der Waals surface area contributed by atoms with Crippen molar-refractivity contribution in [1.29, 1.82) is 0 Å². The van der Waals surface area contributed by atoms with Crippen molar-refractivity contribution in [3.63, 3.8) is 0 Å². The summed E-state index contributed by atoms with van der Waals surface area (Å²) >= 11 is 1.38. The highest BCUT2D eigenvalue weighted by molar-refractivity contribution is 7.18. The van der Waals surface area contributed by atoms with E-state index in [9.17, 15) is 0 Å². The van der Waals surface area contributed by atoms with Crippen molar-refractivity contribution >= 4 is 16.5 Å². The number of nitrogens with zero attached hydrogens (tertiary/aromatic N) is 2. The third-order valence-corrected chi connectivity index (χ3v) is 2.68. The van der Waals surface area contributed by atoms with Crippen LogP contribution in [0.3, 0.4) is 0 Å². The van der Waals surface area contributed by atoms with Crippen LogP contribution in [0.15, 0.2) is 24.3 Å². The molecule has 0 fully saturated rings. The number of rotatable bonds is 2. The lowest BCUT2D eigenvalue weighted by molar-refractivity contribution is 1.07. The molecule has 1 aromatic heterocycles. The Balaban J connectivity index is 2.33. The Bertz CT molecular complexity index is 421. The number of nitrogens with two attached hydrogens (primary N) is 2. The van der Waals surface area contributed by atoms with E-state index in [2.05, 4.69) is 10.2 Å². The fourth-order valence-electron chi connectivity index (χ4n) is 1.13. The summed E-state index contributed by atoms with van der Waals surface area (Å²) in [5.41, 5.74) is 13.1. The maximum Gasteiger partial charge on any atom is 0.203 e. The first-order valence-electron chi connectivity index (χ1n) is 4.18. The van der Waals surface area contributed by atoms with Gasteiger partial charge in [-0.15, -0.1) is 10.2 Å². The van der Waals surface area contributed by atoms with Crippen molar-refractivity contribution in [2.75, 3.05) is 5.73 Å². The molecule has 0 spiro atoms. The Morgan fingerprint density at radius 2 is 1.86 bits per heavy atom. The van der Waals surface area contributed by atoms with Gasteiger partial charge in [0.05, 0.1) is 0 Å². The molecule has 0 aliphatic rings. The van der Waals surface area contributed by atoms with E-state index in [0.717, 1.165) is 16.1 Å². The number of hydrogen-bond acceptors (Lipinski definition) is 5. The summed E-state index contributed by atoms with van der Waals surface area (Å²) in [6.07, 6.45) is 0. The number of aromatic nitrogens is 2. The number of benzene rings is 1. The van der Waals surface area contributed by atoms with Gasteiger partial charge < -0.3 is 11.5 Å². The Kier molecular flexibility index (Phi) is 2.43. The minimum Gasteiger partial charge on any atom is -0.374 e. The molecule has 2 rings (SSSR count). The van der Waals surface area contributed by atoms with Crippen molar-refractivity contribution in [2.24, 2.45) is 5.73 Å². The Labute approximate surface area is 85.6 Å². The molecule has 0 radical (unpaired) electrons. The lowest BCUT2D eigenvalue weighted by atomic mass is 10.1. The van der Waals surface area contributed by atoms with Crippen LogP contribution in [0.2, 0.25) is 0 Å². The summed E-state index contributed by atoms with van der Waals surface area (Å²) in [7, 11) is 0. The van der Waals surface area contributed by atoms with Crippen LogP contribution in [-0.4, -0.2) is 10.2 Å². The molecule has 72 valence electrons. The molecular formula is C9H10N4S. The van der Waals surface area contributed by atoms with Gasteiger partial charge in [-0.05, 0) is 5.56 Å². The average molecular weight is 206 g/mol. The van der Waals surface area contributed by atoms with Gasteiger partial charge >= 0.3 is 0 Å². The zero-order valence-corrected chi connectivity index (χ0v) is 8.29. The molecule has 5 heteroatoms. The molecule has 1 aromatic carbocycles. The van der Waals surface area contributed by atoms with Crippen molar-refractivity contribution in [3.05, 3.63) is 29.8 Å². The zero-order chi connectivity index (χ0) is 9.97. The molecule has 4 nitrogen and oxygen atoms in total. The quantitative estimate of drug-likeness (QED) is 0.775. The lowest BCUT2D eigenvalue weighted by Crippen LogP contribution is -1.95. The topological polar surface area (TPSA) is 77.8 Å². The summed E-state index contributed by atoms with van der Waals surface area (Å²) in [5.74, 6) is 0. The van der Waals surface area contributed by atoms with Gasteiger partial charge in [0.2, 0.25) is 5.13 Å². The van der Waals surface area contributed by atoms with Crippen molar-refractivity contribution in [2.45, 2.75) is 6.54 Å². The molecule has 0 unspecified atom stereocenters. The molecule has 14 heavy (non-hydrogen) atoms. The third-order valence-electron chi connectivity index (χ3n) is 1.88. The predicted octanol–water partition coefficient (Wildman–Crippen LogP) is 1.25. The Hall–Kier alpha value is -1.46. The molecule has 4 N–H and O–H groups in total. The zero-order valence-electron chi connectivity index (χ0n) is 7.47. The first-order valence-corrected chi connectivity index (χ1v) is 4.99. The minimum atomic E-state index is 0.489. The predicted molar refractivity (Wildman–Crippen MR) is 57.6 cm³/mol. The van der Waals surface area contributed by atoms with Gasteiger partial charge in [0.15, 0.2) is 0 Å². The van der Waals surface area contributed by atoms with Gasteiger partial charge in [-0.2, -0.15) is 0 Å². The minimum absolute atomic E-state index is 0.489. The highest BCUT2D eigenvalue weighted by Crippen LogP contribution is 2.24. The van der Waals surface area contributed by atoms with Crippen LogP contribution < -0.4 is 11.5 Å². The lowest BCUT2D eigenvalue weighted by Gasteiger charge is -1.97. The number of nitrogen functional groups attached to an aromatic ring is 1. The molecule has 0 amide bonds. The van der Waals surface area contributed by atoms with Gasteiger partial charge in [-0.1, -0.05) is 35.6 Å². The molecule has 0 aliphatic carbocycles.